The van der Waals surface area contributed by atoms with Crippen LogP contribution in [-0.4, -0.2) is 30.9 Å². The summed E-state index contributed by atoms with van der Waals surface area (Å²) in [5.74, 6) is -1.10. The van der Waals surface area contributed by atoms with Gasteiger partial charge in [0.05, 0.1) is 24.4 Å². The number of nitrogens with zero attached hydrogens (tertiary/aromatic N) is 1. The Morgan fingerprint density at radius 3 is 2.29 bits per heavy atom. The van der Waals surface area contributed by atoms with E-state index >= 15 is 0 Å². The molecule has 0 aliphatic heterocycles. The van der Waals surface area contributed by atoms with E-state index in [-0.39, 0.29) is 35.6 Å². The zero-order valence-corrected chi connectivity index (χ0v) is 22.8. The molecular weight excluding hydrogens is 526 g/mol. The van der Waals surface area contributed by atoms with Crippen LogP contribution in [-0.2, 0) is 27.3 Å². The molecule has 3 aromatic rings. The molecule has 0 amide bonds. The minimum Gasteiger partial charge on any atom is -0.489 e. The fourth-order valence-corrected chi connectivity index (χ4v) is 4.96. The van der Waals surface area contributed by atoms with Crippen LogP contribution in [0.3, 0.4) is 0 Å². The van der Waals surface area contributed by atoms with Gasteiger partial charge in [-0.3, -0.25) is 4.79 Å². The average molecular weight is 552 g/mol. The molecule has 2 aromatic carbocycles. The molecule has 1 aromatic heterocycles. The van der Waals surface area contributed by atoms with Crippen molar-refractivity contribution in [3.63, 3.8) is 0 Å². The maximum atomic E-state index is 13.1. The summed E-state index contributed by atoms with van der Waals surface area (Å²) < 4.78 is 16.0. The molecule has 0 saturated heterocycles. The number of hydrogen-bond acceptors (Lipinski definition) is 8. The fourth-order valence-electron chi connectivity index (χ4n) is 3.58. The highest BCUT2D eigenvalue weighted by atomic mass is 35.5. The van der Waals surface area contributed by atoms with Gasteiger partial charge in [0, 0.05) is 21.9 Å². The van der Waals surface area contributed by atoms with Crippen LogP contribution >= 0.6 is 22.9 Å². The number of ketones is 1. The lowest BCUT2D eigenvalue weighted by atomic mass is 10.0. The minimum absolute atomic E-state index is 0.0896. The highest BCUT2D eigenvalue weighted by Crippen LogP contribution is 2.31. The SMILES string of the molecule is CCOC(=O)c1sc(CC(=O)C(C#N)=Cc2ccc(OCc3ccccc3Cl)cc2)c(C(=O)OCC)c1C. The Morgan fingerprint density at radius 1 is 1.00 bits per heavy atom. The van der Waals surface area contributed by atoms with E-state index in [1.165, 1.54) is 6.08 Å². The van der Waals surface area contributed by atoms with E-state index in [9.17, 15) is 19.6 Å². The van der Waals surface area contributed by atoms with Crippen LogP contribution in [0.1, 0.15) is 55.4 Å². The van der Waals surface area contributed by atoms with Gasteiger partial charge >= 0.3 is 11.9 Å². The predicted octanol–water partition coefficient (Wildman–Crippen LogP) is 6.36. The molecule has 1 heterocycles. The number of rotatable bonds is 11. The van der Waals surface area contributed by atoms with Crippen LogP contribution in [0, 0.1) is 18.3 Å². The third-order valence-corrected chi connectivity index (χ3v) is 7.09. The van der Waals surface area contributed by atoms with Crippen LogP contribution in [0.4, 0.5) is 0 Å². The standard InChI is InChI=1S/C29H26ClNO6S/c1-4-35-28(33)26-18(3)27(29(34)36-5-2)38-25(26)15-24(32)21(16-31)14-19-10-12-22(13-11-19)37-17-20-8-6-7-9-23(20)30/h6-14H,4-5,15,17H2,1-3H3. The van der Waals surface area contributed by atoms with Crippen molar-refractivity contribution in [2.75, 3.05) is 13.2 Å². The molecule has 0 saturated carbocycles. The number of carbonyl (C=O) groups is 3. The lowest BCUT2D eigenvalue weighted by molar-refractivity contribution is -0.114. The first-order valence-corrected chi connectivity index (χ1v) is 13.1. The Labute approximate surface area is 230 Å². The van der Waals surface area contributed by atoms with Crippen LogP contribution in [0.2, 0.25) is 5.02 Å². The first-order valence-electron chi connectivity index (χ1n) is 11.9. The fraction of sp³-hybridized carbons (Fsp3) is 0.241. The number of allylic oxidation sites excluding steroid dienone is 1. The number of halogens is 1. The largest absolute Gasteiger partial charge is 0.489 e. The summed E-state index contributed by atoms with van der Waals surface area (Å²) in [5, 5.41) is 10.3. The summed E-state index contributed by atoms with van der Waals surface area (Å²) in [5.41, 5.74) is 1.94. The van der Waals surface area contributed by atoms with Gasteiger partial charge in [0.15, 0.2) is 5.78 Å². The first kappa shape index (κ1) is 28.6. The normalized spacial score (nSPS) is 11.0. The number of nitriles is 1. The van der Waals surface area contributed by atoms with E-state index in [1.807, 2.05) is 24.3 Å². The number of ether oxygens (including phenoxy) is 3. The van der Waals surface area contributed by atoms with Gasteiger partial charge in [-0.1, -0.05) is 41.9 Å². The summed E-state index contributed by atoms with van der Waals surface area (Å²) in [6.07, 6.45) is 1.23. The van der Waals surface area contributed by atoms with Crippen LogP contribution in [0.25, 0.3) is 6.08 Å². The van der Waals surface area contributed by atoms with E-state index in [4.69, 9.17) is 25.8 Å². The van der Waals surface area contributed by atoms with E-state index in [0.717, 1.165) is 16.9 Å². The number of benzene rings is 2. The summed E-state index contributed by atoms with van der Waals surface area (Å²) in [4.78, 5) is 38.6. The first-order chi connectivity index (χ1) is 18.3. The number of thiophene rings is 1. The molecule has 196 valence electrons. The Bertz CT molecular complexity index is 1400. The lowest BCUT2D eigenvalue weighted by Gasteiger charge is -2.08. The van der Waals surface area contributed by atoms with Crippen molar-refractivity contribution in [3.05, 3.63) is 91.1 Å². The van der Waals surface area contributed by atoms with Gasteiger partial charge in [-0.25, -0.2) is 9.59 Å². The summed E-state index contributed by atoms with van der Waals surface area (Å²) >= 11 is 7.16. The Hall–Kier alpha value is -3.93. The molecule has 3 rings (SSSR count). The van der Waals surface area contributed by atoms with Crippen molar-refractivity contribution in [2.24, 2.45) is 0 Å². The molecule has 0 unspecified atom stereocenters. The van der Waals surface area contributed by atoms with Gasteiger partial charge in [0.25, 0.3) is 0 Å². The lowest BCUT2D eigenvalue weighted by Crippen LogP contribution is -2.12. The van der Waals surface area contributed by atoms with E-state index in [0.29, 0.717) is 33.4 Å². The molecule has 0 spiro atoms. The van der Waals surface area contributed by atoms with Crippen molar-refractivity contribution in [1.29, 1.82) is 5.26 Å². The molecule has 7 nitrogen and oxygen atoms in total. The van der Waals surface area contributed by atoms with E-state index in [2.05, 4.69) is 0 Å². The van der Waals surface area contributed by atoms with Crippen molar-refractivity contribution in [3.8, 4) is 11.8 Å². The second-order valence-corrected chi connectivity index (χ2v) is 9.53. The molecule has 9 heteroatoms. The number of carbonyl (C=O) groups excluding carboxylic acids is 3. The molecule has 0 radical (unpaired) electrons. The molecule has 0 bridgehead atoms. The second-order valence-electron chi connectivity index (χ2n) is 8.01. The predicted molar refractivity (Wildman–Crippen MR) is 145 cm³/mol. The monoisotopic (exact) mass is 551 g/mol. The molecule has 0 atom stereocenters. The molecular formula is C29H26ClNO6S. The van der Waals surface area contributed by atoms with Gasteiger partial charge in [-0.15, -0.1) is 11.3 Å². The second kappa shape index (κ2) is 13.6. The quantitative estimate of drug-likeness (QED) is 0.155. The zero-order chi connectivity index (χ0) is 27.7. The van der Waals surface area contributed by atoms with Gasteiger partial charge < -0.3 is 14.2 Å². The van der Waals surface area contributed by atoms with E-state index in [1.54, 1.807) is 51.1 Å². The topological polar surface area (TPSA) is 103 Å². The number of Topliss-reactive ketones (excluding diaryl/α,β-unsaturated/α-hetero) is 1. The Balaban J connectivity index is 1.79. The van der Waals surface area contributed by atoms with Gasteiger partial charge in [-0.05, 0) is 56.2 Å². The summed E-state index contributed by atoms with van der Waals surface area (Å²) in [6.45, 7) is 5.56. The van der Waals surface area contributed by atoms with Crippen LogP contribution in [0.5, 0.6) is 5.75 Å². The van der Waals surface area contributed by atoms with Crippen LogP contribution < -0.4 is 4.74 Å². The third-order valence-electron chi connectivity index (χ3n) is 5.45. The molecule has 0 fully saturated rings. The van der Waals surface area contributed by atoms with Gasteiger partial charge in [0.1, 0.15) is 23.3 Å². The molecule has 0 aliphatic rings. The Morgan fingerprint density at radius 2 is 1.66 bits per heavy atom. The van der Waals surface area contributed by atoms with Gasteiger partial charge in [0.2, 0.25) is 0 Å². The van der Waals surface area contributed by atoms with Crippen molar-refractivity contribution >= 4 is 46.7 Å². The van der Waals surface area contributed by atoms with E-state index < -0.39 is 17.7 Å². The van der Waals surface area contributed by atoms with Crippen LogP contribution in [0.15, 0.2) is 54.1 Å². The average Bonchev–Trinajstić information content (AvgIpc) is 3.23. The highest BCUT2D eigenvalue weighted by Gasteiger charge is 2.28. The summed E-state index contributed by atoms with van der Waals surface area (Å²) in [7, 11) is 0. The molecule has 38 heavy (non-hydrogen) atoms. The zero-order valence-electron chi connectivity index (χ0n) is 21.2. The Kier molecular flexibility index (Phi) is 10.2. The van der Waals surface area contributed by atoms with Crippen molar-refractivity contribution in [2.45, 2.75) is 33.8 Å². The van der Waals surface area contributed by atoms with Gasteiger partial charge in [-0.2, -0.15) is 5.26 Å². The third kappa shape index (κ3) is 7.09. The van der Waals surface area contributed by atoms with Crippen molar-refractivity contribution in [1.82, 2.24) is 0 Å². The summed E-state index contributed by atoms with van der Waals surface area (Å²) in [6, 6.07) is 16.2. The van der Waals surface area contributed by atoms with Crippen molar-refractivity contribution < 1.29 is 28.6 Å². The number of esters is 2. The molecule has 0 aliphatic carbocycles. The maximum absolute atomic E-state index is 13.1. The highest BCUT2D eigenvalue weighted by molar-refractivity contribution is 7.14. The minimum atomic E-state index is -0.630. The number of hydrogen-bond donors (Lipinski definition) is 0. The maximum Gasteiger partial charge on any atom is 0.348 e. The molecule has 0 N–H and O–H groups in total. The smallest absolute Gasteiger partial charge is 0.348 e.